The fourth-order valence-electron chi connectivity index (χ4n) is 2.84. The number of ether oxygens (including phenoxy) is 1. The van der Waals surface area contributed by atoms with E-state index < -0.39 is 0 Å². The van der Waals surface area contributed by atoms with Crippen LogP contribution in [0.3, 0.4) is 0 Å². The molecule has 3 rings (SSSR count). The number of likely N-dealkylation sites (tertiary alicyclic amines) is 1. The minimum absolute atomic E-state index is 0.0552. The minimum Gasteiger partial charge on any atom is -0.419 e. The van der Waals surface area contributed by atoms with Gasteiger partial charge in [-0.3, -0.25) is 9.69 Å². The van der Waals surface area contributed by atoms with Crippen molar-refractivity contribution in [2.45, 2.75) is 25.4 Å². The van der Waals surface area contributed by atoms with Crippen molar-refractivity contribution < 1.29 is 13.9 Å². The predicted molar refractivity (Wildman–Crippen MR) is 88.1 cm³/mol. The van der Waals surface area contributed by atoms with Crippen LogP contribution < -0.4 is 5.32 Å². The topological polar surface area (TPSA) is 80.5 Å². The highest BCUT2D eigenvalue weighted by atomic mass is 16.5. The molecule has 0 unspecified atom stereocenters. The maximum Gasteiger partial charge on any atom is 0.247 e. The zero-order valence-corrected chi connectivity index (χ0v) is 13.8. The molecule has 1 fully saturated rings. The van der Waals surface area contributed by atoms with Gasteiger partial charge in [0.05, 0.1) is 6.54 Å². The smallest absolute Gasteiger partial charge is 0.247 e. The van der Waals surface area contributed by atoms with Crippen molar-refractivity contribution in [3.05, 3.63) is 36.2 Å². The lowest BCUT2D eigenvalue weighted by atomic mass is 10.1. The molecule has 24 heavy (non-hydrogen) atoms. The minimum atomic E-state index is -0.0552. The Labute approximate surface area is 141 Å². The fraction of sp³-hybridized carbons (Fsp3) is 0.471. The molecular formula is C17H22N4O3. The summed E-state index contributed by atoms with van der Waals surface area (Å²) in [7, 11) is 1.52. The highest BCUT2D eigenvalue weighted by molar-refractivity contribution is 5.77. The van der Waals surface area contributed by atoms with Gasteiger partial charge in [0.1, 0.15) is 6.61 Å². The van der Waals surface area contributed by atoms with E-state index in [1.165, 1.54) is 7.11 Å². The van der Waals surface area contributed by atoms with E-state index in [9.17, 15) is 4.79 Å². The highest BCUT2D eigenvalue weighted by Gasteiger charge is 2.22. The van der Waals surface area contributed by atoms with Crippen molar-refractivity contribution in [2.75, 3.05) is 26.8 Å². The van der Waals surface area contributed by atoms with Crippen molar-refractivity contribution in [3.63, 3.8) is 0 Å². The largest absolute Gasteiger partial charge is 0.419 e. The average molecular weight is 330 g/mol. The highest BCUT2D eigenvalue weighted by Crippen LogP contribution is 2.19. The van der Waals surface area contributed by atoms with Gasteiger partial charge in [0.15, 0.2) is 0 Å². The zero-order valence-electron chi connectivity index (χ0n) is 13.8. The van der Waals surface area contributed by atoms with Gasteiger partial charge in [-0.15, -0.1) is 10.2 Å². The van der Waals surface area contributed by atoms with Gasteiger partial charge < -0.3 is 14.5 Å². The summed E-state index contributed by atoms with van der Waals surface area (Å²) >= 11 is 0. The molecular weight excluding hydrogens is 308 g/mol. The SMILES string of the molecule is COCC(=O)NC1CCN(Cc2nnc(-c3ccccc3)o2)CC1. The Balaban J connectivity index is 1.48. The summed E-state index contributed by atoms with van der Waals surface area (Å²) in [4.78, 5) is 13.8. The van der Waals surface area contributed by atoms with Gasteiger partial charge in [-0.1, -0.05) is 18.2 Å². The third-order valence-electron chi connectivity index (χ3n) is 4.07. The van der Waals surface area contributed by atoms with Crippen LogP contribution in [-0.4, -0.2) is 53.9 Å². The number of piperidine rings is 1. The monoisotopic (exact) mass is 330 g/mol. The van der Waals surface area contributed by atoms with Crippen molar-refractivity contribution in [1.29, 1.82) is 0 Å². The van der Waals surface area contributed by atoms with Crippen LogP contribution in [0, 0.1) is 0 Å². The first kappa shape index (κ1) is 16.6. The Morgan fingerprint density at radius 3 is 2.75 bits per heavy atom. The van der Waals surface area contributed by atoms with E-state index in [0.29, 0.717) is 18.3 Å². The molecule has 0 bridgehead atoms. The number of rotatable bonds is 6. The molecule has 1 N–H and O–H groups in total. The second-order valence-corrected chi connectivity index (χ2v) is 5.92. The summed E-state index contributed by atoms with van der Waals surface area (Å²) in [5.41, 5.74) is 0.927. The first-order chi connectivity index (χ1) is 11.7. The molecule has 0 saturated carbocycles. The molecule has 1 aromatic heterocycles. The molecule has 1 aliphatic rings. The molecule has 1 aliphatic heterocycles. The molecule has 0 atom stereocenters. The standard InChI is InChI=1S/C17H22N4O3/c1-23-12-15(22)18-14-7-9-21(10-8-14)11-16-19-20-17(24-16)13-5-3-2-4-6-13/h2-6,14H,7-12H2,1H3,(H,18,22). The van der Waals surface area contributed by atoms with Gasteiger partial charge in [0.2, 0.25) is 17.7 Å². The van der Waals surface area contributed by atoms with Crippen LogP contribution in [0.15, 0.2) is 34.7 Å². The number of nitrogens with zero attached hydrogens (tertiary/aromatic N) is 3. The fourth-order valence-corrected chi connectivity index (χ4v) is 2.84. The third-order valence-corrected chi connectivity index (χ3v) is 4.07. The van der Waals surface area contributed by atoms with E-state index in [1.54, 1.807) is 0 Å². The van der Waals surface area contributed by atoms with E-state index in [0.717, 1.165) is 31.5 Å². The molecule has 0 spiro atoms. The molecule has 1 amide bonds. The number of carbonyl (C=O) groups is 1. The second kappa shape index (κ2) is 8.03. The van der Waals surface area contributed by atoms with Crippen molar-refractivity contribution in [1.82, 2.24) is 20.4 Å². The average Bonchev–Trinajstić information content (AvgIpc) is 3.06. The van der Waals surface area contributed by atoms with Crippen LogP contribution in [0.1, 0.15) is 18.7 Å². The van der Waals surface area contributed by atoms with Gasteiger partial charge in [-0.25, -0.2) is 0 Å². The van der Waals surface area contributed by atoms with E-state index >= 15 is 0 Å². The maximum atomic E-state index is 11.5. The number of amides is 1. The lowest BCUT2D eigenvalue weighted by molar-refractivity contribution is -0.125. The molecule has 0 radical (unpaired) electrons. The van der Waals surface area contributed by atoms with Crippen molar-refractivity contribution in [3.8, 4) is 11.5 Å². The number of methoxy groups -OCH3 is 1. The number of hydrogen-bond donors (Lipinski definition) is 1. The molecule has 2 heterocycles. The first-order valence-electron chi connectivity index (χ1n) is 8.13. The van der Waals surface area contributed by atoms with E-state index in [4.69, 9.17) is 9.15 Å². The van der Waals surface area contributed by atoms with E-state index in [2.05, 4.69) is 20.4 Å². The summed E-state index contributed by atoms with van der Waals surface area (Å²) in [5, 5.41) is 11.2. The van der Waals surface area contributed by atoms with Gasteiger partial charge in [-0.05, 0) is 25.0 Å². The van der Waals surface area contributed by atoms with Gasteiger partial charge >= 0.3 is 0 Å². The van der Waals surface area contributed by atoms with Crippen LogP contribution in [0.4, 0.5) is 0 Å². The van der Waals surface area contributed by atoms with Crippen LogP contribution in [0.25, 0.3) is 11.5 Å². The first-order valence-corrected chi connectivity index (χ1v) is 8.13. The number of carbonyl (C=O) groups excluding carboxylic acids is 1. The van der Waals surface area contributed by atoms with E-state index in [1.807, 2.05) is 30.3 Å². The zero-order chi connectivity index (χ0) is 16.8. The van der Waals surface area contributed by atoms with Gasteiger partial charge in [-0.2, -0.15) is 0 Å². The summed E-state index contributed by atoms with van der Waals surface area (Å²) in [5.74, 6) is 1.11. The van der Waals surface area contributed by atoms with Crippen molar-refractivity contribution in [2.24, 2.45) is 0 Å². The third kappa shape index (κ3) is 4.39. The normalized spacial score (nSPS) is 16.2. The van der Waals surface area contributed by atoms with Gasteiger partial charge in [0.25, 0.3) is 0 Å². The number of aromatic nitrogens is 2. The summed E-state index contributed by atoms with van der Waals surface area (Å²) in [6.45, 7) is 2.53. The number of benzene rings is 1. The second-order valence-electron chi connectivity index (χ2n) is 5.92. The summed E-state index contributed by atoms with van der Waals surface area (Å²) in [6.07, 6.45) is 1.82. The Bertz CT molecular complexity index is 651. The lowest BCUT2D eigenvalue weighted by Gasteiger charge is -2.31. The maximum absolute atomic E-state index is 11.5. The molecule has 0 aliphatic carbocycles. The number of nitrogens with one attached hydrogen (secondary N) is 1. The Morgan fingerprint density at radius 2 is 2.04 bits per heavy atom. The molecule has 1 saturated heterocycles. The van der Waals surface area contributed by atoms with E-state index in [-0.39, 0.29) is 18.6 Å². The Kier molecular flexibility index (Phi) is 5.55. The quantitative estimate of drug-likeness (QED) is 0.864. The predicted octanol–water partition coefficient (Wildman–Crippen LogP) is 1.46. The lowest BCUT2D eigenvalue weighted by Crippen LogP contribution is -2.45. The molecule has 128 valence electrons. The summed E-state index contributed by atoms with van der Waals surface area (Å²) in [6, 6.07) is 9.96. The van der Waals surface area contributed by atoms with Crippen LogP contribution >= 0.6 is 0 Å². The number of hydrogen-bond acceptors (Lipinski definition) is 6. The van der Waals surface area contributed by atoms with Gasteiger partial charge in [0, 0.05) is 31.8 Å². The molecule has 2 aromatic rings. The molecule has 7 heteroatoms. The molecule has 1 aromatic carbocycles. The van der Waals surface area contributed by atoms with Crippen LogP contribution in [0.5, 0.6) is 0 Å². The molecule has 7 nitrogen and oxygen atoms in total. The van der Waals surface area contributed by atoms with Crippen LogP contribution in [-0.2, 0) is 16.1 Å². The van der Waals surface area contributed by atoms with Crippen LogP contribution in [0.2, 0.25) is 0 Å². The Morgan fingerprint density at radius 1 is 1.29 bits per heavy atom. The van der Waals surface area contributed by atoms with Crippen molar-refractivity contribution >= 4 is 5.91 Å². The summed E-state index contributed by atoms with van der Waals surface area (Å²) < 4.78 is 10.6. The Hall–Kier alpha value is -2.25.